The number of benzene rings is 4. The summed E-state index contributed by atoms with van der Waals surface area (Å²) in [7, 11) is 0. The topological polar surface area (TPSA) is 89.0 Å². The van der Waals surface area contributed by atoms with Crippen molar-refractivity contribution in [2.24, 2.45) is 5.10 Å². The molecule has 0 saturated heterocycles. The van der Waals surface area contributed by atoms with E-state index in [4.69, 9.17) is 9.47 Å². The summed E-state index contributed by atoms with van der Waals surface area (Å²) in [6.07, 6.45) is 1.17. The van der Waals surface area contributed by atoms with E-state index in [0.29, 0.717) is 18.8 Å². The van der Waals surface area contributed by atoms with Crippen LogP contribution in [0, 0.1) is 0 Å². The highest BCUT2D eigenvalue weighted by molar-refractivity contribution is 9.10. The van der Waals surface area contributed by atoms with Crippen LogP contribution in [0.25, 0.3) is 10.8 Å². The largest absolute Gasteiger partial charge is 0.488 e. The number of nitrogens with one attached hydrogen (secondary N) is 2. The van der Waals surface area contributed by atoms with Crippen LogP contribution in [0.1, 0.15) is 23.6 Å². The number of ether oxygens (including phenoxy) is 2. The zero-order chi connectivity index (χ0) is 26.7. The van der Waals surface area contributed by atoms with Crippen LogP contribution in [0.2, 0.25) is 0 Å². The Labute approximate surface area is 230 Å². The van der Waals surface area contributed by atoms with E-state index in [9.17, 15) is 9.59 Å². The van der Waals surface area contributed by atoms with Crippen LogP contribution in [0.15, 0.2) is 101 Å². The van der Waals surface area contributed by atoms with Gasteiger partial charge >= 0.3 is 6.09 Å². The number of hydrogen-bond acceptors (Lipinski definition) is 5. The molecule has 8 heteroatoms. The minimum atomic E-state index is -0.842. The van der Waals surface area contributed by atoms with Gasteiger partial charge in [0, 0.05) is 6.42 Å². The van der Waals surface area contributed by atoms with Crippen molar-refractivity contribution in [3.05, 3.63) is 112 Å². The molecular formula is C30H28BrN3O4. The molecule has 0 aliphatic carbocycles. The first-order valence-corrected chi connectivity index (χ1v) is 13.0. The van der Waals surface area contributed by atoms with Crippen molar-refractivity contribution in [3.8, 4) is 5.75 Å². The summed E-state index contributed by atoms with van der Waals surface area (Å²) in [4.78, 5) is 24.7. The van der Waals surface area contributed by atoms with Crippen LogP contribution in [0.3, 0.4) is 0 Å². The molecule has 4 aromatic carbocycles. The number of rotatable bonds is 10. The second-order valence-electron chi connectivity index (χ2n) is 8.46. The number of halogens is 1. The quantitative estimate of drug-likeness (QED) is 0.180. The SMILES string of the molecule is CCOC(=O)N[C@@H](Cc1ccccc1)C(=O)N/N=C\c1ccc(OCc2cccc3ccccc23)c(Br)c1. The first-order valence-electron chi connectivity index (χ1n) is 12.2. The number of hydrazone groups is 1. The van der Waals surface area contributed by atoms with E-state index in [0.717, 1.165) is 26.5 Å². The van der Waals surface area contributed by atoms with Crippen molar-refractivity contribution in [2.45, 2.75) is 26.0 Å². The zero-order valence-corrected chi connectivity index (χ0v) is 22.5. The van der Waals surface area contributed by atoms with Gasteiger partial charge in [-0.25, -0.2) is 10.2 Å². The van der Waals surface area contributed by atoms with Gasteiger partial charge in [-0.2, -0.15) is 5.10 Å². The van der Waals surface area contributed by atoms with Crippen molar-refractivity contribution in [3.63, 3.8) is 0 Å². The number of alkyl carbamates (subject to hydrolysis) is 1. The van der Waals surface area contributed by atoms with Crippen molar-refractivity contribution < 1.29 is 19.1 Å². The van der Waals surface area contributed by atoms with Crippen LogP contribution in [0.5, 0.6) is 5.75 Å². The van der Waals surface area contributed by atoms with E-state index in [2.05, 4.69) is 56.0 Å². The Bertz CT molecular complexity index is 1420. The van der Waals surface area contributed by atoms with Gasteiger partial charge in [0.15, 0.2) is 0 Å². The molecule has 0 spiro atoms. The van der Waals surface area contributed by atoms with Crippen LogP contribution in [-0.2, 0) is 22.6 Å². The minimum absolute atomic E-state index is 0.209. The second-order valence-corrected chi connectivity index (χ2v) is 9.31. The number of amides is 2. The fraction of sp³-hybridized carbons (Fsp3) is 0.167. The lowest BCUT2D eigenvalue weighted by Crippen LogP contribution is -2.47. The fourth-order valence-electron chi connectivity index (χ4n) is 3.91. The van der Waals surface area contributed by atoms with Crippen LogP contribution >= 0.6 is 15.9 Å². The summed E-state index contributed by atoms with van der Waals surface area (Å²) in [5.74, 6) is 0.243. The third kappa shape index (κ3) is 7.43. The van der Waals surface area contributed by atoms with E-state index >= 15 is 0 Å². The maximum Gasteiger partial charge on any atom is 0.407 e. The number of hydrogen-bond donors (Lipinski definition) is 2. The summed E-state index contributed by atoms with van der Waals surface area (Å²) in [6, 6.07) is 28.5. The maximum atomic E-state index is 12.8. The molecular weight excluding hydrogens is 546 g/mol. The zero-order valence-electron chi connectivity index (χ0n) is 20.9. The second kappa shape index (κ2) is 13.4. The third-order valence-electron chi connectivity index (χ3n) is 5.77. The number of nitrogens with zero attached hydrogens (tertiary/aromatic N) is 1. The van der Waals surface area contributed by atoms with Crippen molar-refractivity contribution in [1.29, 1.82) is 0 Å². The Balaban J connectivity index is 1.37. The van der Waals surface area contributed by atoms with E-state index < -0.39 is 18.0 Å². The molecule has 0 fully saturated rings. The molecule has 0 aromatic heterocycles. The van der Waals surface area contributed by atoms with Crippen molar-refractivity contribution >= 4 is 44.9 Å². The maximum absolute atomic E-state index is 12.8. The number of carbonyl (C=O) groups excluding carboxylic acids is 2. The molecule has 0 unspecified atom stereocenters. The van der Waals surface area contributed by atoms with E-state index in [1.54, 1.807) is 6.92 Å². The normalized spacial score (nSPS) is 11.7. The van der Waals surface area contributed by atoms with E-state index in [1.807, 2.05) is 66.7 Å². The molecule has 1 atom stereocenters. The van der Waals surface area contributed by atoms with Crippen molar-refractivity contribution in [1.82, 2.24) is 10.7 Å². The Morgan fingerprint density at radius 1 is 0.974 bits per heavy atom. The van der Waals surface area contributed by atoms with E-state index in [-0.39, 0.29) is 6.61 Å². The minimum Gasteiger partial charge on any atom is -0.488 e. The Morgan fingerprint density at radius 2 is 1.74 bits per heavy atom. The summed E-state index contributed by atoms with van der Waals surface area (Å²) in [5.41, 5.74) is 5.27. The van der Waals surface area contributed by atoms with Gasteiger partial charge < -0.3 is 14.8 Å². The third-order valence-corrected chi connectivity index (χ3v) is 6.39. The van der Waals surface area contributed by atoms with Crippen LogP contribution in [-0.4, -0.2) is 30.9 Å². The first-order chi connectivity index (χ1) is 18.5. The monoisotopic (exact) mass is 573 g/mol. The predicted octanol–water partition coefficient (Wildman–Crippen LogP) is 5.99. The molecule has 0 bridgehead atoms. The first kappa shape index (κ1) is 26.9. The average molecular weight is 574 g/mol. The smallest absolute Gasteiger partial charge is 0.407 e. The molecule has 2 amide bonds. The highest BCUT2D eigenvalue weighted by Gasteiger charge is 2.21. The molecule has 0 saturated carbocycles. The molecule has 0 radical (unpaired) electrons. The van der Waals surface area contributed by atoms with Crippen molar-refractivity contribution in [2.75, 3.05) is 6.61 Å². The van der Waals surface area contributed by atoms with E-state index in [1.165, 1.54) is 11.6 Å². The Kier molecular flexibility index (Phi) is 9.48. The van der Waals surface area contributed by atoms with Gasteiger partial charge in [0.25, 0.3) is 5.91 Å². The summed E-state index contributed by atoms with van der Waals surface area (Å²) >= 11 is 3.56. The number of fused-ring (bicyclic) bond motifs is 1. The lowest BCUT2D eigenvalue weighted by molar-refractivity contribution is -0.123. The molecule has 2 N–H and O–H groups in total. The molecule has 38 heavy (non-hydrogen) atoms. The standard InChI is InChI=1S/C30H28BrN3O4/c1-2-37-30(36)33-27(18-21-9-4-3-5-10-21)29(35)34-32-19-22-15-16-28(26(31)17-22)38-20-24-13-8-12-23-11-6-7-14-25(23)24/h3-17,19,27H,2,18,20H2,1H3,(H,33,36)(H,34,35)/b32-19-/t27-/m0/s1. The average Bonchev–Trinajstić information content (AvgIpc) is 2.93. The molecule has 0 aliphatic heterocycles. The Morgan fingerprint density at radius 3 is 2.53 bits per heavy atom. The number of carbonyl (C=O) groups is 2. The van der Waals surface area contributed by atoms with Gasteiger partial charge in [-0.3, -0.25) is 4.79 Å². The summed E-state index contributed by atoms with van der Waals surface area (Å²) in [6.45, 7) is 2.34. The van der Waals surface area contributed by atoms with Gasteiger partial charge in [-0.15, -0.1) is 0 Å². The molecule has 194 valence electrons. The summed E-state index contributed by atoms with van der Waals surface area (Å²) in [5, 5.41) is 9.01. The van der Waals surface area contributed by atoms with Gasteiger partial charge in [0.1, 0.15) is 18.4 Å². The lowest BCUT2D eigenvalue weighted by Gasteiger charge is -2.16. The molecule has 4 aromatic rings. The lowest BCUT2D eigenvalue weighted by atomic mass is 10.1. The predicted molar refractivity (Wildman–Crippen MR) is 152 cm³/mol. The van der Waals surface area contributed by atoms with Crippen LogP contribution < -0.4 is 15.5 Å². The van der Waals surface area contributed by atoms with Gasteiger partial charge in [-0.05, 0) is 68.5 Å². The van der Waals surface area contributed by atoms with Crippen LogP contribution in [0.4, 0.5) is 4.79 Å². The highest BCUT2D eigenvalue weighted by atomic mass is 79.9. The molecule has 0 aliphatic rings. The molecule has 7 nitrogen and oxygen atoms in total. The van der Waals surface area contributed by atoms with Gasteiger partial charge in [-0.1, -0.05) is 72.8 Å². The Hall–Kier alpha value is -4.17. The summed E-state index contributed by atoms with van der Waals surface area (Å²) < 4.78 is 11.8. The molecule has 0 heterocycles. The van der Waals surface area contributed by atoms with Gasteiger partial charge in [0.05, 0.1) is 17.3 Å². The van der Waals surface area contributed by atoms with Gasteiger partial charge in [0.2, 0.25) is 0 Å². The molecule has 4 rings (SSSR count). The highest BCUT2D eigenvalue weighted by Crippen LogP contribution is 2.27. The fourth-order valence-corrected chi connectivity index (χ4v) is 4.42.